The van der Waals surface area contributed by atoms with Crippen LogP contribution in [0.25, 0.3) is 0 Å². The van der Waals surface area contributed by atoms with Crippen molar-refractivity contribution in [3.05, 3.63) is 35.4 Å². The van der Waals surface area contributed by atoms with Crippen LogP contribution in [0.2, 0.25) is 0 Å². The summed E-state index contributed by atoms with van der Waals surface area (Å²) in [6.45, 7) is 9.04. The largest absolute Gasteiger partial charge is 0.379 e. The number of morpholine rings is 1. The Morgan fingerprint density at radius 3 is 2.77 bits per heavy atom. The molecular weight excluding hydrogens is 278 g/mol. The molecule has 0 radical (unpaired) electrons. The van der Waals surface area contributed by atoms with Gasteiger partial charge in [-0.15, -0.1) is 0 Å². The number of aryl methyl sites for hydroxylation is 1. The minimum atomic E-state index is 0.0992. The van der Waals surface area contributed by atoms with E-state index in [9.17, 15) is 4.79 Å². The van der Waals surface area contributed by atoms with E-state index in [0.29, 0.717) is 13.0 Å². The summed E-state index contributed by atoms with van der Waals surface area (Å²) in [7, 11) is 0. The number of ether oxygens (including phenoxy) is 1. The lowest BCUT2D eigenvalue weighted by molar-refractivity contribution is -0.121. The van der Waals surface area contributed by atoms with E-state index in [1.165, 1.54) is 11.1 Å². The van der Waals surface area contributed by atoms with Crippen molar-refractivity contribution in [3.63, 3.8) is 0 Å². The van der Waals surface area contributed by atoms with Crippen LogP contribution in [0.15, 0.2) is 24.3 Å². The van der Waals surface area contributed by atoms with Crippen molar-refractivity contribution < 1.29 is 9.53 Å². The van der Waals surface area contributed by atoms with Crippen molar-refractivity contribution in [2.45, 2.75) is 19.9 Å². The third-order valence-corrected chi connectivity index (χ3v) is 3.97. The summed E-state index contributed by atoms with van der Waals surface area (Å²) < 4.78 is 5.32. The van der Waals surface area contributed by atoms with Gasteiger partial charge in [-0.1, -0.05) is 24.3 Å². The van der Waals surface area contributed by atoms with Crippen LogP contribution in [-0.2, 0) is 16.1 Å². The van der Waals surface area contributed by atoms with E-state index in [0.717, 1.165) is 45.9 Å². The molecule has 0 unspecified atom stereocenters. The summed E-state index contributed by atoms with van der Waals surface area (Å²) in [4.78, 5) is 14.2. The molecule has 0 saturated carbocycles. The maximum absolute atomic E-state index is 11.8. The summed E-state index contributed by atoms with van der Waals surface area (Å²) >= 11 is 0. The first-order valence-corrected chi connectivity index (χ1v) is 8.08. The Kier molecular flexibility index (Phi) is 7.36. The van der Waals surface area contributed by atoms with Crippen LogP contribution in [-0.4, -0.2) is 56.7 Å². The van der Waals surface area contributed by atoms with E-state index >= 15 is 0 Å². The highest BCUT2D eigenvalue weighted by Crippen LogP contribution is 2.05. The molecule has 1 aromatic rings. The fourth-order valence-electron chi connectivity index (χ4n) is 2.48. The predicted molar refractivity (Wildman–Crippen MR) is 87.8 cm³/mol. The van der Waals surface area contributed by atoms with E-state index in [2.05, 4.69) is 34.6 Å². The second-order valence-corrected chi connectivity index (χ2v) is 5.66. The second kappa shape index (κ2) is 9.56. The summed E-state index contributed by atoms with van der Waals surface area (Å²) in [6, 6.07) is 8.13. The van der Waals surface area contributed by atoms with Crippen LogP contribution in [0, 0.1) is 6.92 Å². The van der Waals surface area contributed by atoms with Crippen LogP contribution in [0.3, 0.4) is 0 Å². The normalized spacial score (nSPS) is 15.7. The maximum Gasteiger partial charge on any atom is 0.221 e. The van der Waals surface area contributed by atoms with E-state index in [1.54, 1.807) is 0 Å². The lowest BCUT2D eigenvalue weighted by atomic mass is 10.1. The molecule has 122 valence electrons. The topological polar surface area (TPSA) is 53.6 Å². The van der Waals surface area contributed by atoms with Crippen molar-refractivity contribution in [2.24, 2.45) is 0 Å². The highest BCUT2D eigenvalue weighted by Gasteiger charge is 2.09. The number of hydrogen-bond acceptors (Lipinski definition) is 4. The lowest BCUT2D eigenvalue weighted by Crippen LogP contribution is -2.40. The van der Waals surface area contributed by atoms with Gasteiger partial charge in [0.2, 0.25) is 5.91 Å². The van der Waals surface area contributed by atoms with Crippen LogP contribution < -0.4 is 10.6 Å². The van der Waals surface area contributed by atoms with Crippen LogP contribution in [0.5, 0.6) is 0 Å². The Balaban J connectivity index is 1.51. The highest BCUT2D eigenvalue weighted by molar-refractivity contribution is 5.76. The third-order valence-electron chi connectivity index (χ3n) is 3.97. The number of hydrogen-bond donors (Lipinski definition) is 2. The van der Waals surface area contributed by atoms with E-state index in [-0.39, 0.29) is 5.91 Å². The number of rotatable bonds is 8. The minimum absolute atomic E-state index is 0.0992. The van der Waals surface area contributed by atoms with Gasteiger partial charge in [0.15, 0.2) is 0 Å². The molecule has 0 aliphatic carbocycles. The van der Waals surface area contributed by atoms with Gasteiger partial charge in [-0.2, -0.15) is 0 Å². The van der Waals surface area contributed by atoms with Gasteiger partial charge in [-0.25, -0.2) is 0 Å². The van der Waals surface area contributed by atoms with Crippen molar-refractivity contribution >= 4 is 5.91 Å². The number of nitrogens with one attached hydrogen (secondary N) is 2. The van der Waals surface area contributed by atoms with Gasteiger partial charge >= 0.3 is 0 Å². The Morgan fingerprint density at radius 2 is 2.00 bits per heavy atom. The average molecular weight is 305 g/mol. The molecule has 0 spiro atoms. The molecule has 1 aromatic carbocycles. The smallest absolute Gasteiger partial charge is 0.221 e. The van der Waals surface area contributed by atoms with Crippen molar-refractivity contribution in [2.75, 3.05) is 45.9 Å². The first-order valence-electron chi connectivity index (χ1n) is 8.08. The van der Waals surface area contributed by atoms with Crippen molar-refractivity contribution in [1.82, 2.24) is 15.5 Å². The van der Waals surface area contributed by atoms with Gasteiger partial charge in [0.25, 0.3) is 0 Å². The third kappa shape index (κ3) is 6.13. The molecule has 5 nitrogen and oxygen atoms in total. The molecule has 0 aromatic heterocycles. The molecule has 1 aliphatic heterocycles. The van der Waals surface area contributed by atoms with E-state index < -0.39 is 0 Å². The standard InChI is InChI=1S/C17H27N3O2/c1-15-4-2-3-5-16(15)14-19-17(21)6-7-18-8-9-20-10-12-22-13-11-20/h2-5,18H,6-14H2,1H3,(H,19,21). The summed E-state index contributed by atoms with van der Waals surface area (Å²) in [5.74, 6) is 0.0992. The van der Waals surface area contributed by atoms with Gasteiger partial charge in [0.1, 0.15) is 0 Å². The molecule has 1 heterocycles. The predicted octanol–water partition coefficient (Wildman–Crippen LogP) is 0.923. The summed E-state index contributed by atoms with van der Waals surface area (Å²) in [6.07, 6.45) is 0.523. The molecule has 1 fully saturated rings. The Bertz CT molecular complexity index is 459. The molecule has 2 N–H and O–H groups in total. The quantitative estimate of drug-likeness (QED) is 0.702. The molecule has 22 heavy (non-hydrogen) atoms. The SMILES string of the molecule is Cc1ccccc1CNC(=O)CCNCCN1CCOCC1. The zero-order valence-corrected chi connectivity index (χ0v) is 13.4. The van der Waals surface area contributed by atoms with Crippen molar-refractivity contribution in [1.29, 1.82) is 0 Å². The average Bonchev–Trinajstić information content (AvgIpc) is 2.55. The van der Waals surface area contributed by atoms with Gasteiger partial charge in [0, 0.05) is 45.7 Å². The zero-order valence-electron chi connectivity index (χ0n) is 13.4. The van der Waals surface area contributed by atoms with Gasteiger partial charge in [-0.05, 0) is 18.1 Å². The zero-order chi connectivity index (χ0) is 15.6. The highest BCUT2D eigenvalue weighted by atomic mass is 16.5. The summed E-state index contributed by atoms with van der Waals surface area (Å²) in [5.41, 5.74) is 2.39. The molecule has 1 amide bonds. The molecule has 1 aliphatic rings. The maximum atomic E-state index is 11.8. The van der Waals surface area contributed by atoms with Crippen LogP contribution in [0.1, 0.15) is 17.5 Å². The first-order chi connectivity index (χ1) is 10.8. The number of carbonyl (C=O) groups is 1. The molecule has 1 saturated heterocycles. The Hall–Kier alpha value is -1.43. The van der Waals surface area contributed by atoms with Gasteiger partial charge in [-0.3, -0.25) is 9.69 Å². The minimum Gasteiger partial charge on any atom is -0.379 e. The number of benzene rings is 1. The second-order valence-electron chi connectivity index (χ2n) is 5.66. The molecule has 0 bridgehead atoms. The Morgan fingerprint density at radius 1 is 1.23 bits per heavy atom. The monoisotopic (exact) mass is 305 g/mol. The molecule has 2 rings (SSSR count). The van der Waals surface area contributed by atoms with Crippen LogP contribution >= 0.6 is 0 Å². The summed E-state index contributed by atoms with van der Waals surface area (Å²) in [5, 5.41) is 6.30. The van der Waals surface area contributed by atoms with Gasteiger partial charge in [0.05, 0.1) is 13.2 Å². The fourth-order valence-corrected chi connectivity index (χ4v) is 2.48. The van der Waals surface area contributed by atoms with Gasteiger partial charge < -0.3 is 15.4 Å². The number of carbonyl (C=O) groups excluding carboxylic acids is 1. The van der Waals surface area contributed by atoms with Crippen molar-refractivity contribution in [3.8, 4) is 0 Å². The lowest BCUT2D eigenvalue weighted by Gasteiger charge is -2.26. The first kappa shape index (κ1) is 16.9. The number of amides is 1. The Labute approximate surface area is 133 Å². The molecule has 0 atom stereocenters. The van der Waals surface area contributed by atoms with E-state index in [1.807, 2.05) is 12.1 Å². The van der Waals surface area contributed by atoms with E-state index in [4.69, 9.17) is 4.74 Å². The van der Waals surface area contributed by atoms with Crippen LogP contribution in [0.4, 0.5) is 0 Å². The molecular formula is C17H27N3O2. The number of nitrogens with zero attached hydrogens (tertiary/aromatic N) is 1. The molecule has 5 heteroatoms. The fraction of sp³-hybridized carbons (Fsp3) is 0.588.